The van der Waals surface area contributed by atoms with Gasteiger partial charge in [0.05, 0.1) is 12.6 Å². The highest BCUT2D eigenvalue weighted by Gasteiger charge is 2.09. The number of aliphatic hydroxyl groups excluding tert-OH is 1. The van der Waals surface area contributed by atoms with Crippen LogP contribution in [0.5, 0.6) is 0 Å². The Kier molecular flexibility index (Phi) is 5.99. The number of hydrogen-bond acceptors (Lipinski definition) is 3. The van der Waals surface area contributed by atoms with E-state index < -0.39 is 0 Å². The molecule has 0 amide bonds. The molecule has 0 aliphatic heterocycles. The van der Waals surface area contributed by atoms with Gasteiger partial charge in [-0.15, -0.1) is 0 Å². The molecule has 0 saturated carbocycles. The first-order chi connectivity index (χ1) is 10.6. The average molecular weight is 298 g/mol. The Balaban J connectivity index is 1.97. The Hall–Kier alpha value is -1.84. The minimum atomic E-state index is -0.0283. The van der Waals surface area contributed by atoms with Crippen LogP contribution < -0.4 is 10.2 Å². The van der Waals surface area contributed by atoms with E-state index in [1.165, 1.54) is 16.8 Å². The van der Waals surface area contributed by atoms with Crippen molar-refractivity contribution in [2.75, 3.05) is 25.6 Å². The largest absolute Gasteiger partial charge is 0.394 e. The van der Waals surface area contributed by atoms with Gasteiger partial charge in [0.15, 0.2) is 0 Å². The summed E-state index contributed by atoms with van der Waals surface area (Å²) < 4.78 is 0. The van der Waals surface area contributed by atoms with Gasteiger partial charge in [0.1, 0.15) is 0 Å². The van der Waals surface area contributed by atoms with E-state index in [-0.39, 0.29) is 12.6 Å². The standard InChI is InChI=1S/C19H26N2O/c1-4-15-5-9-17(10-6-15)19(14-22)20-13-16-7-11-18(12-8-16)21(2)3/h5-12,19-20,22H,4,13-14H2,1-3H3. The maximum absolute atomic E-state index is 9.63. The lowest BCUT2D eigenvalue weighted by Crippen LogP contribution is -2.24. The van der Waals surface area contributed by atoms with Crippen molar-refractivity contribution in [3.63, 3.8) is 0 Å². The van der Waals surface area contributed by atoms with Gasteiger partial charge in [-0.05, 0) is 35.2 Å². The van der Waals surface area contributed by atoms with Crippen LogP contribution in [0.25, 0.3) is 0 Å². The van der Waals surface area contributed by atoms with E-state index in [1.54, 1.807) is 0 Å². The van der Waals surface area contributed by atoms with Gasteiger partial charge in [0.2, 0.25) is 0 Å². The van der Waals surface area contributed by atoms with Gasteiger partial charge in [-0.1, -0.05) is 43.3 Å². The molecule has 0 saturated heterocycles. The van der Waals surface area contributed by atoms with E-state index in [4.69, 9.17) is 0 Å². The molecule has 22 heavy (non-hydrogen) atoms. The number of aliphatic hydroxyl groups is 1. The summed E-state index contributed by atoms with van der Waals surface area (Å²) in [5.41, 5.74) is 4.86. The predicted molar refractivity (Wildman–Crippen MR) is 93.3 cm³/mol. The fraction of sp³-hybridized carbons (Fsp3) is 0.368. The zero-order valence-corrected chi connectivity index (χ0v) is 13.7. The lowest BCUT2D eigenvalue weighted by atomic mass is 10.0. The summed E-state index contributed by atoms with van der Waals surface area (Å²) in [6, 6.07) is 16.9. The smallest absolute Gasteiger partial charge is 0.0626 e. The van der Waals surface area contributed by atoms with Gasteiger partial charge in [-0.25, -0.2) is 0 Å². The number of aryl methyl sites for hydroxylation is 1. The molecule has 118 valence electrons. The van der Waals surface area contributed by atoms with Crippen LogP contribution in [-0.2, 0) is 13.0 Å². The van der Waals surface area contributed by atoms with Crippen molar-refractivity contribution >= 4 is 5.69 Å². The molecule has 0 radical (unpaired) electrons. The van der Waals surface area contributed by atoms with Crippen molar-refractivity contribution in [1.82, 2.24) is 5.32 Å². The highest BCUT2D eigenvalue weighted by Crippen LogP contribution is 2.16. The van der Waals surface area contributed by atoms with Crippen LogP contribution in [0.15, 0.2) is 48.5 Å². The van der Waals surface area contributed by atoms with Crippen LogP contribution in [0.4, 0.5) is 5.69 Å². The number of rotatable bonds is 7. The molecule has 2 N–H and O–H groups in total. The predicted octanol–water partition coefficient (Wildman–Crippen LogP) is 3.14. The molecule has 1 atom stereocenters. The van der Waals surface area contributed by atoms with Gasteiger partial charge in [0.25, 0.3) is 0 Å². The molecule has 0 aliphatic carbocycles. The SMILES string of the molecule is CCc1ccc(C(CO)NCc2ccc(N(C)C)cc2)cc1. The van der Waals surface area contributed by atoms with Crippen LogP contribution in [0, 0.1) is 0 Å². The molecule has 0 bridgehead atoms. The van der Waals surface area contributed by atoms with Crippen LogP contribution in [0.3, 0.4) is 0 Å². The molecule has 2 aromatic rings. The Morgan fingerprint density at radius 2 is 1.55 bits per heavy atom. The van der Waals surface area contributed by atoms with Crippen molar-refractivity contribution in [3.05, 3.63) is 65.2 Å². The van der Waals surface area contributed by atoms with E-state index in [2.05, 4.69) is 65.7 Å². The van der Waals surface area contributed by atoms with Gasteiger partial charge in [-0.2, -0.15) is 0 Å². The van der Waals surface area contributed by atoms with Gasteiger partial charge >= 0.3 is 0 Å². The van der Waals surface area contributed by atoms with E-state index in [0.717, 1.165) is 18.5 Å². The van der Waals surface area contributed by atoms with E-state index in [0.29, 0.717) is 0 Å². The Labute approximate surface area is 133 Å². The Morgan fingerprint density at radius 3 is 2.05 bits per heavy atom. The molecular formula is C19H26N2O. The number of nitrogens with zero attached hydrogens (tertiary/aromatic N) is 1. The second kappa shape index (κ2) is 7.97. The zero-order valence-electron chi connectivity index (χ0n) is 13.7. The number of hydrogen-bond donors (Lipinski definition) is 2. The summed E-state index contributed by atoms with van der Waals surface area (Å²) in [6.45, 7) is 2.99. The second-order valence-corrected chi connectivity index (χ2v) is 5.77. The van der Waals surface area contributed by atoms with Crippen molar-refractivity contribution in [2.24, 2.45) is 0 Å². The van der Waals surface area contributed by atoms with Crippen molar-refractivity contribution < 1.29 is 5.11 Å². The molecule has 0 heterocycles. The van der Waals surface area contributed by atoms with Crippen molar-refractivity contribution in [3.8, 4) is 0 Å². The zero-order chi connectivity index (χ0) is 15.9. The normalized spacial score (nSPS) is 12.2. The minimum absolute atomic E-state index is 0.0283. The third kappa shape index (κ3) is 4.33. The first kappa shape index (κ1) is 16.5. The number of nitrogens with one attached hydrogen (secondary N) is 1. The first-order valence-corrected chi connectivity index (χ1v) is 7.83. The van der Waals surface area contributed by atoms with Crippen LogP contribution in [0.2, 0.25) is 0 Å². The molecule has 0 aromatic heterocycles. The van der Waals surface area contributed by atoms with E-state index in [1.807, 2.05) is 14.1 Å². The molecule has 2 rings (SSSR count). The Morgan fingerprint density at radius 1 is 0.955 bits per heavy atom. The fourth-order valence-corrected chi connectivity index (χ4v) is 2.43. The summed E-state index contributed by atoms with van der Waals surface area (Å²) in [5.74, 6) is 0. The molecule has 2 aromatic carbocycles. The molecule has 3 heteroatoms. The lowest BCUT2D eigenvalue weighted by molar-refractivity contribution is 0.243. The van der Waals surface area contributed by atoms with Crippen molar-refractivity contribution in [2.45, 2.75) is 25.9 Å². The summed E-state index contributed by atoms with van der Waals surface area (Å²) in [7, 11) is 4.07. The summed E-state index contributed by atoms with van der Waals surface area (Å²) >= 11 is 0. The third-order valence-electron chi connectivity index (χ3n) is 3.98. The topological polar surface area (TPSA) is 35.5 Å². The van der Waals surface area contributed by atoms with Crippen LogP contribution >= 0.6 is 0 Å². The molecule has 0 spiro atoms. The second-order valence-electron chi connectivity index (χ2n) is 5.77. The fourth-order valence-electron chi connectivity index (χ4n) is 2.43. The third-order valence-corrected chi connectivity index (χ3v) is 3.98. The van der Waals surface area contributed by atoms with Crippen LogP contribution in [-0.4, -0.2) is 25.8 Å². The number of benzene rings is 2. The summed E-state index contributed by atoms with van der Waals surface area (Å²) in [6.07, 6.45) is 1.04. The highest BCUT2D eigenvalue weighted by molar-refractivity contribution is 5.46. The van der Waals surface area contributed by atoms with Crippen molar-refractivity contribution in [1.29, 1.82) is 0 Å². The van der Waals surface area contributed by atoms with Gasteiger partial charge in [-0.3, -0.25) is 0 Å². The highest BCUT2D eigenvalue weighted by atomic mass is 16.3. The maximum Gasteiger partial charge on any atom is 0.0626 e. The monoisotopic (exact) mass is 298 g/mol. The van der Waals surface area contributed by atoms with Crippen LogP contribution in [0.1, 0.15) is 29.7 Å². The maximum atomic E-state index is 9.63. The number of anilines is 1. The summed E-state index contributed by atoms with van der Waals surface area (Å²) in [4.78, 5) is 2.09. The molecule has 0 aliphatic rings. The molecule has 0 fully saturated rings. The quantitative estimate of drug-likeness (QED) is 0.824. The minimum Gasteiger partial charge on any atom is -0.394 e. The lowest BCUT2D eigenvalue weighted by Gasteiger charge is -2.18. The summed E-state index contributed by atoms with van der Waals surface area (Å²) in [5, 5.41) is 13.1. The molecule has 1 unspecified atom stereocenters. The first-order valence-electron chi connectivity index (χ1n) is 7.83. The molecular weight excluding hydrogens is 272 g/mol. The average Bonchev–Trinajstić information content (AvgIpc) is 2.56. The van der Waals surface area contributed by atoms with E-state index in [9.17, 15) is 5.11 Å². The Bertz CT molecular complexity index is 561. The molecule has 3 nitrogen and oxygen atoms in total. The van der Waals surface area contributed by atoms with Gasteiger partial charge < -0.3 is 15.3 Å². The van der Waals surface area contributed by atoms with Gasteiger partial charge in [0, 0.05) is 26.3 Å². The van der Waals surface area contributed by atoms with E-state index >= 15 is 0 Å².